The van der Waals surface area contributed by atoms with Gasteiger partial charge in [0, 0.05) is 0 Å². The fourth-order valence-corrected chi connectivity index (χ4v) is 1.93. The minimum Gasteiger partial charge on any atom is -0.493 e. The van der Waals surface area contributed by atoms with Gasteiger partial charge in [0.1, 0.15) is 11.3 Å². The fourth-order valence-electron chi connectivity index (χ4n) is 1.93. The summed E-state index contributed by atoms with van der Waals surface area (Å²) in [6.45, 7) is 4.44. The van der Waals surface area contributed by atoms with E-state index in [9.17, 15) is 9.59 Å². The molecule has 0 aliphatic rings. The van der Waals surface area contributed by atoms with Crippen LogP contribution in [0.15, 0.2) is 39.5 Å². The molecular formula is C17H20O5. The summed E-state index contributed by atoms with van der Waals surface area (Å²) < 4.78 is 15.8. The van der Waals surface area contributed by atoms with Crippen LogP contribution in [0.5, 0.6) is 5.75 Å². The molecule has 2 aromatic rings. The maximum Gasteiger partial charge on any atom is 0.339 e. The van der Waals surface area contributed by atoms with Gasteiger partial charge in [0.2, 0.25) is 0 Å². The van der Waals surface area contributed by atoms with Crippen LogP contribution in [-0.4, -0.2) is 19.2 Å². The summed E-state index contributed by atoms with van der Waals surface area (Å²) >= 11 is 0. The zero-order valence-corrected chi connectivity index (χ0v) is 12.8. The van der Waals surface area contributed by atoms with Crippen molar-refractivity contribution < 1.29 is 18.7 Å². The van der Waals surface area contributed by atoms with Crippen molar-refractivity contribution in [2.24, 2.45) is 5.92 Å². The van der Waals surface area contributed by atoms with E-state index in [1.807, 2.05) is 12.1 Å². The van der Waals surface area contributed by atoms with Crippen molar-refractivity contribution in [2.75, 3.05) is 13.2 Å². The molecule has 0 amide bonds. The number of benzene rings is 1. The van der Waals surface area contributed by atoms with Crippen LogP contribution in [0.3, 0.4) is 0 Å². The van der Waals surface area contributed by atoms with Crippen LogP contribution in [0.2, 0.25) is 0 Å². The van der Waals surface area contributed by atoms with Crippen LogP contribution >= 0.6 is 0 Å². The third-order valence-electron chi connectivity index (χ3n) is 3.12. The first kappa shape index (κ1) is 16.1. The number of carbonyl (C=O) groups excluding carboxylic acids is 1. The van der Waals surface area contributed by atoms with E-state index >= 15 is 0 Å². The summed E-state index contributed by atoms with van der Waals surface area (Å²) in [6.07, 6.45) is 1.46. The van der Waals surface area contributed by atoms with Crippen LogP contribution in [-0.2, 0) is 9.53 Å². The summed E-state index contributed by atoms with van der Waals surface area (Å²) in [7, 11) is 0. The highest BCUT2D eigenvalue weighted by Crippen LogP contribution is 2.23. The van der Waals surface area contributed by atoms with Gasteiger partial charge in [-0.2, -0.15) is 0 Å². The molecule has 0 atom stereocenters. The number of fused-ring (bicyclic) bond motifs is 1. The predicted octanol–water partition coefficient (Wildman–Crippen LogP) is 3.15. The van der Waals surface area contributed by atoms with E-state index < -0.39 is 5.63 Å². The summed E-state index contributed by atoms with van der Waals surface area (Å²) in [5.41, 5.74) is 0.0791. The lowest BCUT2D eigenvalue weighted by atomic mass is 10.2. The van der Waals surface area contributed by atoms with E-state index in [1.54, 1.807) is 26.0 Å². The second-order valence-electron chi connectivity index (χ2n) is 5.30. The van der Waals surface area contributed by atoms with E-state index in [2.05, 4.69) is 0 Å². The summed E-state index contributed by atoms with van der Waals surface area (Å²) in [5, 5.41) is 0.772. The van der Waals surface area contributed by atoms with Gasteiger partial charge in [-0.1, -0.05) is 26.0 Å². The van der Waals surface area contributed by atoms with Crippen LogP contribution in [0.1, 0.15) is 26.7 Å². The maximum absolute atomic E-state index is 11.5. The Morgan fingerprint density at radius 1 is 1.18 bits per heavy atom. The van der Waals surface area contributed by atoms with Crippen molar-refractivity contribution in [3.8, 4) is 5.75 Å². The molecule has 22 heavy (non-hydrogen) atoms. The number of hydrogen-bond donors (Lipinski definition) is 0. The molecule has 2 rings (SSSR count). The second-order valence-corrected chi connectivity index (χ2v) is 5.30. The van der Waals surface area contributed by atoms with E-state index in [0.717, 1.165) is 18.2 Å². The third-order valence-corrected chi connectivity index (χ3v) is 3.12. The van der Waals surface area contributed by atoms with Crippen molar-refractivity contribution in [3.05, 3.63) is 40.8 Å². The summed E-state index contributed by atoms with van der Waals surface area (Å²) in [4.78, 5) is 22.8. The van der Waals surface area contributed by atoms with Gasteiger partial charge in [0.15, 0.2) is 0 Å². The topological polar surface area (TPSA) is 65.7 Å². The average molecular weight is 304 g/mol. The molecule has 0 spiro atoms. The first-order valence-corrected chi connectivity index (χ1v) is 7.40. The average Bonchev–Trinajstić information content (AvgIpc) is 2.49. The highest BCUT2D eigenvalue weighted by molar-refractivity contribution is 5.82. The van der Waals surface area contributed by atoms with Gasteiger partial charge >= 0.3 is 11.6 Å². The highest BCUT2D eigenvalue weighted by Gasteiger charge is 2.08. The lowest BCUT2D eigenvalue weighted by molar-refractivity contribution is -0.147. The first-order chi connectivity index (χ1) is 10.6. The molecule has 0 N–H and O–H groups in total. The van der Waals surface area contributed by atoms with E-state index in [-0.39, 0.29) is 11.9 Å². The maximum atomic E-state index is 11.5. The molecule has 0 unspecified atom stereocenters. The Morgan fingerprint density at radius 3 is 2.68 bits per heavy atom. The van der Waals surface area contributed by atoms with Crippen LogP contribution in [0, 0.1) is 5.92 Å². The van der Waals surface area contributed by atoms with Crippen LogP contribution in [0.4, 0.5) is 0 Å². The molecule has 0 fully saturated rings. The lowest BCUT2D eigenvalue weighted by Crippen LogP contribution is -2.13. The van der Waals surface area contributed by atoms with Crippen LogP contribution in [0.25, 0.3) is 11.0 Å². The minimum absolute atomic E-state index is 0.105. The number of unbranched alkanes of at least 4 members (excludes halogenated alkanes) is 1. The zero-order valence-electron chi connectivity index (χ0n) is 12.8. The lowest BCUT2D eigenvalue weighted by Gasteiger charge is -2.09. The van der Waals surface area contributed by atoms with Gasteiger partial charge in [0.05, 0.1) is 30.6 Å². The van der Waals surface area contributed by atoms with Crippen LogP contribution < -0.4 is 10.4 Å². The zero-order chi connectivity index (χ0) is 15.9. The van der Waals surface area contributed by atoms with Gasteiger partial charge < -0.3 is 13.9 Å². The normalized spacial score (nSPS) is 10.9. The Hall–Kier alpha value is -2.30. The molecule has 1 heterocycles. The largest absolute Gasteiger partial charge is 0.493 e. The van der Waals surface area contributed by atoms with Gasteiger partial charge in [0.25, 0.3) is 0 Å². The quantitative estimate of drug-likeness (QED) is 0.446. The Morgan fingerprint density at radius 2 is 1.91 bits per heavy atom. The molecule has 118 valence electrons. The smallest absolute Gasteiger partial charge is 0.339 e. The second kappa shape index (κ2) is 7.64. The first-order valence-electron chi connectivity index (χ1n) is 7.40. The van der Waals surface area contributed by atoms with Crippen molar-refractivity contribution >= 4 is 16.9 Å². The van der Waals surface area contributed by atoms with Crippen molar-refractivity contribution in [1.82, 2.24) is 0 Å². The number of hydrogen-bond acceptors (Lipinski definition) is 5. The third kappa shape index (κ3) is 4.35. The molecular weight excluding hydrogens is 284 g/mol. The standard InChI is InChI=1S/C17H20O5/c1-12(2)17(19)21-10-6-5-9-20-15-11-16(18)22-14-8-4-3-7-13(14)15/h3-4,7-8,11-12H,5-6,9-10H2,1-2H3. The van der Waals surface area contributed by atoms with E-state index in [1.165, 1.54) is 6.07 Å². The van der Waals surface area contributed by atoms with Gasteiger partial charge in [-0.05, 0) is 25.0 Å². The predicted molar refractivity (Wildman–Crippen MR) is 83.0 cm³/mol. The van der Waals surface area contributed by atoms with Crippen molar-refractivity contribution in [3.63, 3.8) is 0 Å². The molecule has 0 aliphatic heterocycles. The molecule has 0 saturated carbocycles. The summed E-state index contributed by atoms with van der Waals surface area (Å²) in [6, 6.07) is 8.59. The van der Waals surface area contributed by atoms with E-state index in [0.29, 0.717) is 24.5 Å². The number of carbonyl (C=O) groups is 1. The Balaban J connectivity index is 1.83. The SMILES string of the molecule is CC(C)C(=O)OCCCCOc1cc(=O)oc2ccccc12. The van der Waals surface area contributed by atoms with Gasteiger partial charge in [-0.3, -0.25) is 4.79 Å². The molecule has 1 aromatic heterocycles. The molecule has 0 bridgehead atoms. The number of ether oxygens (including phenoxy) is 2. The summed E-state index contributed by atoms with van der Waals surface area (Å²) in [5.74, 6) is 0.227. The van der Waals surface area contributed by atoms with E-state index in [4.69, 9.17) is 13.9 Å². The molecule has 5 nitrogen and oxygen atoms in total. The monoisotopic (exact) mass is 304 g/mol. The minimum atomic E-state index is -0.431. The Bertz CT molecular complexity index is 687. The van der Waals surface area contributed by atoms with Crippen molar-refractivity contribution in [1.29, 1.82) is 0 Å². The molecule has 0 aliphatic carbocycles. The number of esters is 1. The van der Waals surface area contributed by atoms with Gasteiger partial charge in [-0.25, -0.2) is 4.79 Å². The molecule has 1 aromatic carbocycles. The fraction of sp³-hybridized carbons (Fsp3) is 0.412. The molecule has 5 heteroatoms. The number of para-hydroxylation sites is 1. The van der Waals surface area contributed by atoms with Gasteiger partial charge in [-0.15, -0.1) is 0 Å². The Labute approximate surface area is 128 Å². The number of rotatable bonds is 7. The highest BCUT2D eigenvalue weighted by atomic mass is 16.5. The van der Waals surface area contributed by atoms with Crippen molar-refractivity contribution in [2.45, 2.75) is 26.7 Å². The molecule has 0 radical (unpaired) electrons. The molecule has 0 saturated heterocycles. The Kier molecular flexibility index (Phi) is 5.58.